The van der Waals surface area contributed by atoms with Crippen LogP contribution < -0.4 is 0 Å². The SMILES string of the molecule is CCCCCCC(=O)OCC1(COCc2ccccc2)CCC(=O)O1. The van der Waals surface area contributed by atoms with E-state index < -0.39 is 5.60 Å². The van der Waals surface area contributed by atoms with Crippen molar-refractivity contribution in [3.8, 4) is 0 Å². The Morgan fingerprint density at radius 2 is 1.96 bits per heavy atom. The fourth-order valence-electron chi connectivity index (χ4n) is 2.83. The summed E-state index contributed by atoms with van der Waals surface area (Å²) in [5.41, 5.74) is 0.209. The summed E-state index contributed by atoms with van der Waals surface area (Å²) in [4.78, 5) is 23.4. The summed E-state index contributed by atoms with van der Waals surface area (Å²) in [6.07, 6.45) is 5.40. The lowest BCUT2D eigenvalue weighted by Crippen LogP contribution is -2.40. The van der Waals surface area contributed by atoms with Crippen LogP contribution in [0.2, 0.25) is 0 Å². The molecule has 1 heterocycles. The summed E-state index contributed by atoms with van der Waals surface area (Å²) >= 11 is 0. The van der Waals surface area contributed by atoms with Crippen molar-refractivity contribution >= 4 is 11.9 Å². The van der Waals surface area contributed by atoms with Gasteiger partial charge in [0.25, 0.3) is 0 Å². The molecule has 0 spiro atoms. The third kappa shape index (κ3) is 6.86. The largest absolute Gasteiger partial charge is 0.461 e. The molecule has 25 heavy (non-hydrogen) atoms. The highest BCUT2D eigenvalue weighted by Gasteiger charge is 2.42. The number of rotatable bonds is 11. The van der Waals surface area contributed by atoms with Crippen molar-refractivity contribution in [3.63, 3.8) is 0 Å². The molecule has 0 amide bonds. The minimum Gasteiger partial charge on any atom is -0.461 e. The van der Waals surface area contributed by atoms with Crippen molar-refractivity contribution in [1.29, 1.82) is 0 Å². The van der Waals surface area contributed by atoms with Crippen molar-refractivity contribution in [2.45, 2.75) is 64.1 Å². The number of unbranched alkanes of at least 4 members (excludes halogenated alkanes) is 3. The molecule has 0 N–H and O–H groups in total. The Bertz CT molecular complexity index is 542. The predicted octanol–water partition coefficient (Wildman–Crippen LogP) is 3.79. The van der Waals surface area contributed by atoms with Crippen molar-refractivity contribution in [2.75, 3.05) is 13.2 Å². The Balaban J connectivity index is 1.77. The molecule has 1 saturated heterocycles. The van der Waals surface area contributed by atoms with Crippen molar-refractivity contribution in [1.82, 2.24) is 0 Å². The van der Waals surface area contributed by atoms with E-state index in [1.165, 1.54) is 0 Å². The molecule has 1 atom stereocenters. The fourth-order valence-corrected chi connectivity index (χ4v) is 2.83. The van der Waals surface area contributed by atoms with E-state index in [9.17, 15) is 9.59 Å². The Hall–Kier alpha value is -1.88. The lowest BCUT2D eigenvalue weighted by atomic mass is 10.0. The van der Waals surface area contributed by atoms with E-state index in [-0.39, 0.29) is 25.2 Å². The first-order chi connectivity index (χ1) is 12.1. The minimum atomic E-state index is -0.842. The molecule has 0 bridgehead atoms. The van der Waals surface area contributed by atoms with Crippen LogP contribution in [-0.2, 0) is 30.4 Å². The van der Waals surface area contributed by atoms with Crippen molar-refractivity contribution in [3.05, 3.63) is 35.9 Å². The number of ether oxygens (including phenoxy) is 3. The molecule has 1 aliphatic rings. The number of carbonyl (C=O) groups excluding carboxylic acids is 2. The van der Waals surface area contributed by atoms with Crippen LogP contribution in [0.15, 0.2) is 30.3 Å². The Labute approximate surface area is 149 Å². The minimum absolute atomic E-state index is 0.0696. The molecule has 2 rings (SSSR count). The first kappa shape index (κ1) is 19.4. The molecule has 5 nitrogen and oxygen atoms in total. The molecule has 1 aromatic carbocycles. The predicted molar refractivity (Wildman–Crippen MR) is 93.9 cm³/mol. The monoisotopic (exact) mass is 348 g/mol. The van der Waals surface area contributed by atoms with Gasteiger partial charge in [-0.2, -0.15) is 0 Å². The van der Waals surface area contributed by atoms with E-state index in [2.05, 4.69) is 6.92 Å². The second-order valence-electron chi connectivity index (χ2n) is 6.61. The Morgan fingerprint density at radius 3 is 2.64 bits per heavy atom. The molecule has 1 fully saturated rings. The van der Waals surface area contributed by atoms with E-state index in [0.717, 1.165) is 31.2 Å². The first-order valence-electron chi connectivity index (χ1n) is 9.13. The molecular weight excluding hydrogens is 320 g/mol. The topological polar surface area (TPSA) is 61.8 Å². The van der Waals surface area contributed by atoms with Gasteiger partial charge in [-0.1, -0.05) is 56.5 Å². The van der Waals surface area contributed by atoms with E-state index in [1.54, 1.807) is 0 Å². The zero-order chi connectivity index (χ0) is 18.0. The van der Waals surface area contributed by atoms with Crippen LogP contribution in [-0.4, -0.2) is 30.8 Å². The molecule has 0 saturated carbocycles. The van der Waals surface area contributed by atoms with Crippen LogP contribution >= 0.6 is 0 Å². The summed E-state index contributed by atoms with van der Waals surface area (Å²) < 4.78 is 16.5. The highest BCUT2D eigenvalue weighted by atomic mass is 16.6. The standard InChI is InChI=1S/C20H28O5/c1-2-3-4-8-11-18(21)24-16-20(13-12-19(22)25-20)15-23-14-17-9-6-5-7-10-17/h5-7,9-10H,2-4,8,11-16H2,1H3. The number of benzene rings is 1. The quantitative estimate of drug-likeness (QED) is 0.450. The maximum Gasteiger partial charge on any atom is 0.306 e. The van der Waals surface area contributed by atoms with Crippen LogP contribution in [0.3, 0.4) is 0 Å². The Kier molecular flexibility index (Phi) is 7.92. The third-order valence-electron chi connectivity index (χ3n) is 4.32. The normalized spacial score (nSPS) is 19.6. The number of cyclic esters (lactones) is 1. The molecule has 0 aliphatic carbocycles. The van der Waals surface area contributed by atoms with Crippen LogP contribution in [0.4, 0.5) is 0 Å². The van der Waals surface area contributed by atoms with Gasteiger partial charge in [0.1, 0.15) is 6.61 Å². The summed E-state index contributed by atoms with van der Waals surface area (Å²) in [5.74, 6) is -0.496. The molecule has 0 radical (unpaired) electrons. The van der Waals surface area contributed by atoms with Gasteiger partial charge in [-0.25, -0.2) is 0 Å². The van der Waals surface area contributed by atoms with E-state index in [1.807, 2.05) is 30.3 Å². The van der Waals surface area contributed by atoms with Gasteiger partial charge in [0.15, 0.2) is 5.60 Å². The average Bonchev–Trinajstić information content (AvgIpc) is 2.99. The summed E-state index contributed by atoms with van der Waals surface area (Å²) in [5, 5.41) is 0. The van der Waals surface area contributed by atoms with E-state index in [4.69, 9.17) is 14.2 Å². The highest BCUT2D eigenvalue weighted by Crippen LogP contribution is 2.28. The number of hydrogen-bond acceptors (Lipinski definition) is 5. The van der Waals surface area contributed by atoms with Crippen molar-refractivity contribution < 1.29 is 23.8 Å². The molecule has 0 aromatic heterocycles. The molecular formula is C20H28O5. The van der Waals surface area contributed by atoms with Crippen LogP contribution in [0, 0.1) is 0 Å². The second-order valence-corrected chi connectivity index (χ2v) is 6.61. The highest BCUT2D eigenvalue weighted by molar-refractivity contribution is 5.72. The van der Waals surface area contributed by atoms with Gasteiger partial charge in [0, 0.05) is 19.3 Å². The zero-order valence-electron chi connectivity index (χ0n) is 15.0. The van der Waals surface area contributed by atoms with Crippen molar-refractivity contribution in [2.24, 2.45) is 0 Å². The van der Waals surface area contributed by atoms with Crippen LogP contribution in [0.25, 0.3) is 0 Å². The van der Waals surface area contributed by atoms with Gasteiger partial charge >= 0.3 is 11.9 Å². The maximum absolute atomic E-state index is 11.9. The maximum atomic E-state index is 11.9. The number of hydrogen-bond donors (Lipinski definition) is 0. The fraction of sp³-hybridized carbons (Fsp3) is 0.600. The lowest BCUT2D eigenvalue weighted by molar-refractivity contribution is -0.169. The first-order valence-corrected chi connectivity index (χ1v) is 9.13. The van der Waals surface area contributed by atoms with Gasteiger partial charge < -0.3 is 14.2 Å². The number of esters is 2. The average molecular weight is 348 g/mol. The number of carbonyl (C=O) groups is 2. The van der Waals surface area contributed by atoms with Gasteiger partial charge in [-0.3, -0.25) is 9.59 Å². The summed E-state index contributed by atoms with van der Waals surface area (Å²) in [6.45, 7) is 2.87. The van der Waals surface area contributed by atoms with Gasteiger partial charge in [0.05, 0.1) is 13.2 Å². The lowest BCUT2D eigenvalue weighted by Gasteiger charge is -2.27. The van der Waals surface area contributed by atoms with Gasteiger partial charge in [0.2, 0.25) is 0 Å². The molecule has 1 unspecified atom stereocenters. The Morgan fingerprint density at radius 1 is 1.16 bits per heavy atom. The molecule has 1 aromatic rings. The van der Waals surface area contributed by atoms with E-state index >= 15 is 0 Å². The molecule has 1 aliphatic heterocycles. The van der Waals surface area contributed by atoms with E-state index in [0.29, 0.717) is 25.9 Å². The van der Waals surface area contributed by atoms with Crippen LogP contribution in [0.1, 0.15) is 57.4 Å². The molecule has 5 heteroatoms. The summed E-state index contributed by atoms with van der Waals surface area (Å²) in [7, 11) is 0. The van der Waals surface area contributed by atoms with Crippen LogP contribution in [0.5, 0.6) is 0 Å². The second kappa shape index (κ2) is 10.2. The molecule has 138 valence electrons. The van der Waals surface area contributed by atoms with Gasteiger partial charge in [-0.05, 0) is 12.0 Å². The summed E-state index contributed by atoms with van der Waals surface area (Å²) in [6, 6.07) is 9.80. The third-order valence-corrected chi connectivity index (χ3v) is 4.32. The zero-order valence-corrected chi connectivity index (χ0v) is 15.0. The van der Waals surface area contributed by atoms with Gasteiger partial charge in [-0.15, -0.1) is 0 Å². The smallest absolute Gasteiger partial charge is 0.306 e.